The first-order valence-electron chi connectivity index (χ1n) is 9.48. The zero-order chi connectivity index (χ0) is 19.1. The highest BCUT2D eigenvalue weighted by molar-refractivity contribution is 5.25. The zero-order valence-electron chi connectivity index (χ0n) is 17.2. The predicted molar refractivity (Wildman–Crippen MR) is 101 cm³/mol. The third-order valence-corrected chi connectivity index (χ3v) is 5.33. The van der Waals surface area contributed by atoms with Crippen molar-refractivity contribution in [2.45, 2.75) is 79.7 Å². The molecule has 2 aromatic heterocycles. The third kappa shape index (κ3) is 3.86. The lowest BCUT2D eigenvalue weighted by Crippen LogP contribution is -2.25. The number of rotatable bonds is 5. The maximum Gasteiger partial charge on any atom is 0.139 e. The van der Waals surface area contributed by atoms with Crippen molar-refractivity contribution < 1.29 is 9.26 Å². The van der Waals surface area contributed by atoms with E-state index in [1.807, 2.05) is 13.8 Å². The fraction of sp³-hybridized carbons (Fsp3) is 0.700. The Balaban J connectivity index is 1.59. The standard InChI is InChI=1S/C20H32N4O2/c1-13-18(15(3)24(21-13)20(5,6)7)11-23-9-8-17(10-23)25-12-19-14(2)22-26-16(19)4/h17H,8-12H2,1-7H3. The molecular weight excluding hydrogens is 328 g/mol. The van der Waals surface area contributed by atoms with Crippen LogP contribution in [0.5, 0.6) is 0 Å². The number of aromatic nitrogens is 3. The van der Waals surface area contributed by atoms with Gasteiger partial charge >= 0.3 is 0 Å². The Kier molecular flexibility index (Phi) is 5.26. The zero-order valence-corrected chi connectivity index (χ0v) is 17.2. The number of ether oxygens (including phenoxy) is 1. The molecule has 1 fully saturated rings. The highest BCUT2D eigenvalue weighted by Gasteiger charge is 2.27. The van der Waals surface area contributed by atoms with E-state index in [4.69, 9.17) is 14.4 Å². The van der Waals surface area contributed by atoms with Crippen LogP contribution in [0, 0.1) is 27.7 Å². The molecule has 1 saturated heterocycles. The summed E-state index contributed by atoms with van der Waals surface area (Å²) in [6, 6.07) is 0. The Hall–Kier alpha value is -1.66. The molecule has 0 aromatic carbocycles. The van der Waals surface area contributed by atoms with E-state index in [1.54, 1.807) is 0 Å². The summed E-state index contributed by atoms with van der Waals surface area (Å²) in [5, 5.41) is 8.77. The summed E-state index contributed by atoms with van der Waals surface area (Å²) in [5.41, 5.74) is 5.79. The van der Waals surface area contributed by atoms with Crippen molar-refractivity contribution in [3.63, 3.8) is 0 Å². The molecule has 0 saturated carbocycles. The highest BCUT2D eigenvalue weighted by Crippen LogP contribution is 2.25. The van der Waals surface area contributed by atoms with Crippen molar-refractivity contribution in [3.05, 3.63) is 34.0 Å². The first-order valence-corrected chi connectivity index (χ1v) is 9.48. The van der Waals surface area contributed by atoms with Crippen LogP contribution in [-0.4, -0.2) is 39.0 Å². The summed E-state index contributed by atoms with van der Waals surface area (Å²) < 4.78 is 13.5. The van der Waals surface area contributed by atoms with E-state index in [0.29, 0.717) is 6.61 Å². The lowest BCUT2D eigenvalue weighted by atomic mass is 10.1. The van der Waals surface area contributed by atoms with Crippen LogP contribution in [0.3, 0.4) is 0 Å². The molecule has 6 heteroatoms. The van der Waals surface area contributed by atoms with Gasteiger partial charge < -0.3 is 9.26 Å². The van der Waals surface area contributed by atoms with E-state index in [-0.39, 0.29) is 11.6 Å². The number of aryl methyl sites for hydroxylation is 3. The van der Waals surface area contributed by atoms with Gasteiger partial charge in [-0.05, 0) is 54.9 Å². The van der Waals surface area contributed by atoms with Crippen molar-refractivity contribution in [3.8, 4) is 0 Å². The van der Waals surface area contributed by atoms with Gasteiger partial charge in [0.05, 0.1) is 29.6 Å². The van der Waals surface area contributed by atoms with Crippen molar-refractivity contribution in [1.82, 2.24) is 19.8 Å². The molecule has 144 valence electrons. The van der Waals surface area contributed by atoms with Crippen LogP contribution >= 0.6 is 0 Å². The van der Waals surface area contributed by atoms with E-state index in [1.165, 1.54) is 11.3 Å². The van der Waals surface area contributed by atoms with Crippen LogP contribution < -0.4 is 0 Å². The van der Waals surface area contributed by atoms with Gasteiger partial charge in [-0.25, -0.2) is 0 Å². The van der Waals surface area contributed by atoms with Gasteiger partial charge in [-0.2, -0.15) is 5.10 Å². The van der Waals surface area contributed by atoms with Gasteiger partial charge in [0.1, 0.15) is 5.76 Å². The average molecular weight is 361 g/mol. The quantitative estimate of drug-likeness (QED) is 0.814. The molecule has 0 amide bonds. The minimum Gasteiger partial charge on any atom is -0.372 e. The van der Waals surface area contributed by atoms with Crippen LogP contribution in [0.25, 0.3) is 0 Å². The van der Waals surface area contributed by atoms with Crippen molar-refractivity contribution in [2.24, 2.45) is 0 Å². The second-order valence-corrected chi connectivity index (χ2v) is 8.49. The molecule has 1 unspecified atom stereocenters. The van der Waals surface area contributed by atoms with Crippen LogP contribution in [0.4, 0.5) is 0 Å². The molecule has 0 spiro atoms. The Labute approximate surface area is 156 Å². The minimum absolute atomic E-state index is 0.0120. The van der Waals surface area contributed by atoms with Crippen molar-refractivity contribution in [2.75, 3.05) is 13.1 Å². The van der Waals surface area contributed by atoms with E-state index >= 15 is 0 Å². The molecule has 26 heavy (non-hydrogen) atoms. The summed E-state index contributed by atoms with van der Waals surface area (Å²) in [4.78, 5) is 2.47. The molecule has 6 nitrogen and oxygen atoms in total. The SMILES string of the molecule is Cc1noc(C)c1COC1CCN(Cc2c(C)nn(C(C)(C)C)c2C)C1. The van der Waals surface area contributed by atoms with E-state index in [9.17, 15) is 0 Å². The molecule has 3 rings (SSSR count). The monoisotopic (exact) mass is 360 g/mol. The first kappa shape index (κ1) is 19.1. The molecule has 1 atom stereocenters. The maximum atomic E-state index is 6.13. The molecular formula is C20H32N4O2. The van der Waals surface area contributed by atoms with Crippen LogP contribution in [-0.2, 0) is 23.4 Å². The number of hydrogen-bond donors (Lipinski definition) is 0. The fourth-order valence-electron chi connectivity index (χ4n) is 3.77. The van der Waals surface area contributed by atoms with Gasteiger partial charge in [-0.3, -0.25) is 9.58 Å². The normalized spacial score (nSPS) is 18.8. The largest absolute Gasteiger partial charge is 0.372 e. The summed E-state index contributed by atoms with van der Waals surface area (Å²) >= 11 is 0. The third-order valence-electron chi connectivity index (χ3n) is 5.33. The lowest BCUT2D eigenvalue weighted by Gasteiger charge is -2.22. The number of likely N-dealkylation sites (tertiary alicyclic amines) is 1. The van der Waals surface area contributed by atoms with Crippen LogP contribution in [0.2, 0.25) is 0 Å². The van der Waals surface area contributed by atoms with Crippen LogP contribution in [0.1, 0.15) is 61.2 Å². The average Bonchev–Trinajstić information content (AvgIpc) is 3.20. The van der Waals surface area contributed by atoms with E-state index in [0.717, 1.165) is 48.8 Å². The second kappa shape index (κ2) is 7.16. The molecule has 0 N–H and O–H groups in total. The van der Waals surface area contributed by atoms with Crippen molar-refractivity contribution in [1.29, 1.82) is 0 Å². The first-order chi connectivity index (χ1) is 12.2. The molecule has 0 bridgehead atoms. The van der Waals surface area contributed by atoms with Gasteiger partial charge in [-0.15, -0.1) is 0 Å². The maximum absolute atomic E-state index is 6.13. The summed E-state index contributed by atoms with van der Waals surface area (Å²) in [6.07, 6.45) is 1.33. The summed E-state index contributed by atoms with van der Waals surface area (Å²) in [6.45, 7) is 18.4. The topological polar surface area (TPSA) is 56.3 Å². The Morgan fingerprint density at radius 1 is 1.12 bits per heavy atom. The summed E-state index contributed by atoms with van der Waals surface area (Å²) in [5.74, 6) is 0.859. The van der Waals surface area contributed by atoms with Gasteiger partial charge in [-0.1, -0.05) is 5.16 Å². The molecule has 1 aliphatic heterocycles. The summed E-state index contributed by atoms with van der Waals surface area (Å²) in [7, 11) is 0. The molecule has 3 heterocycles. The smallest absolute Gasteiger partial charge is 0.139 e. The van der Waals surface area contributed by atoms with Gasteiger partial charge in [0, 0.05) is 36.5 Å². The Morgan fingerprint density at radius 2 is 1.85 bits per heavy atom. The minimum atomic E-state index is 0.0120. The van der Waals surface area contributed by atoms with E-state index in [2.05, 4.69) is 49.4 Å². The Bertz CT molecular complexity index is 750. The van der Waals surface area contributed by atoms with Gasteiger partial charge in [0.25, 0.3) is 0 Å². The van der Waals surface area contributed by atoms with Crippen molar-refractivity contribution >= 4 is 0 Å². The second-order valence-electron chi connectivity index (χ2n) is 8.49. The molecule has 1 aliphatic rings. The lowest BCUT2D eigenvalue weighted by molar-refractivity contribution is 0.0453. The molecule has 0 aliphatic carbocycles. The van der Waals surface area contributed by atoms with Gasteiger partial charge in [0.15, 0.2) is 0 Å². The fourth-order valence-corrected chi connectivity index (χ4v) is 3.77. The Morgan fingerprint density at radius 3 is 2.42 bits per heavy atom. The number of hydrogen-bond acceptors (Lipinski definition) is 5. The van der Waals surface area contributed by atoms with Gasteiger partial charge in [0.2, 0.25) is 0 Å². The highest BCUT2D eigenvalue weighted by atomic mass is 16.5. The predicted octanol–water partition coefficient (Wildman–Crippen LogP) is 3.65. The molecule has 0 radical (unpaired) electrons. The number of nitrogens with zero attached hydrogens (tertiary/aromatic N) is 4. The molecule has 2 aromatic rings. The van der Waals surface area contributed by atoms with Crippen LogP contribution in [0.15, 0.2) is 4.52 Å². The van der Waals surface area contributed by atoms with E-state index < -0.39 is 0 Å².